The van der Waals surface area contributed by atoms with Crippen LogP contribution in [0.3, 0.4) is 0 Å². The van der Waals surface area contributed by atoms with Crippen molar-refractivity contribution in [2.75, 3.05) is 14.1 Å². The van der Waals surface area contributed by atoms with E-state index < -0.39 is 0 Å². The number of nitrogens with zero attached hydrogens (tertiary/aromatic N) is 2. The van der Waals surface area contributed by atoms with Gasteiger partial charge in [0.05, 0.1) is 0 Å². The highest BCUT2D eigenvalue weighted by Gasteiger charge is 1.91. The zero-order chi connectivity index (χ0) is 12.1. The Morgan fingerprint density at radius 2 is 1.31 bits per heavy atom. The number of hydrazone groups is 1. The van der Waals surface area contributed by atoms with Gasteiger partial charge in [-0.15, -0.1) is 0 Å². The Hall–Kier alpha value is -0.530. The molecule has 0 aliphatic carbocycles. The van der Waals surface area contributed by atoms with Gasteiger partial charge in [-0.05, 0) is 12.8 Å². The van der Waals surface area contributed by atoms with Crippen LogP contribution in [0.2, 0.25) is 0 Å². The fourth-order valence-electron chi connectivity index (χ4n) is 1.77. The van der Waals surface area contributed by atoms with E-state index in [9.17, 15) is 0 Å². The van der Waals surface area contributed by atoms with Gasteiger partial charge in [0.2, 0.25) is 0 Å². The van der Waals surface area contributed by atoms with Gasteiger partial charge in [-0.1, -0.05) is 58.3 Å². The molecule has 0 unspecified atom stereocenters. The quantitative estimate of drug-likeness (QED) is 0.288. The SMILES string of the molecule is CCCCCCCCCCC/C=N/N(C)C. The summed E-state index contributed by atoms with van der Waals surface area (Å²) in [5.41, 5.74) is 0. The third-order valence-electron chi connectivity index (χ3n) is 2.75. The Balaban J connectivity index is 2.99. The summed E-state index contributed by atoms with van der Waals surface area (Å²) < 4.78 is 0. The van der Waals surface area contributed by atoms with Crippen LogP contribution < -0.4 is 0 Å². The van der Waals surface area contributed by atoms with E-state index in [1.54, 1.807) is 0 Å². The standard InChI is InChI=1S/C14H30N2/c1-4-5-6-7-8-9-10-11-12-13-14-15-16(2)3/h14H,4-13H2,1-3H3/b15-14+. The zero-order valence-corrected chi connectivity index (χ0v) is 11.5. The van der Waals surface area contributed by atoms with E-state index in [0.29, 0.717) is 0 Å². The van der Waals surface area contributed by atoms with Crippen LogP contribution in [-0.4, -0.2) is 25.3 Å². The lowest BCUT2D eigenvalue weighted by molar-refractivity contribution is 0.438. The summed E-state index contributed by atoms with van der Waals surface area (Å²) in [5.74, 6) is 0. The predicted octanol–water partition coefficient (Wildman–Crippen LogP) is 4.45. The lowest BCUT2D eigenvalue weighted by atomic mass is 10.1. The first kappa shape index (κ1) is 15.5. The summed E-state index contributed by atoms with van der Waals surface area (Å²) in [5, 5.41) is 6.06. The van der Waals surface area contributed by atoms with Crippen LogP contribution >= 0.6 is 0 Å². The van der Waals surface area contributed by atoms with Gasteiger partial charge < -0.3 is 5.01 Å². The van der Waals surface area contributed by atoms with Crippen LogP contribution in [-0.2, 0) is 0 Å². The zero-order valence-electron chi connectivity index (χ0n) is 11.5. The van der Waals surface area contributed by atoms with E-state index in [1.165, 1.54) is 57.8 Å². The summed E-state index contributed by atoms with van der Waals surface area (Å²) in [6.45, 7) is 2.27. The molecule has 96 valence electrons. The average Bonchev–Trinajstić information content (AvgIpc) is 2.25. The number of hydrogen-bond acceptors (Lipinski definition) is 2. The molecule has 0 amide bonds. The number of rotatable bonds is 11. The molecule has 0 aromatic rings. The summed E-state index contributed by atoms with van der Waals surface area (Å²) in [6.07, 6.45) is 15.7. The molecule has 0 aromatic carbocycles. The monoisotopic (exact) mass is 226 g/mol. The Kier molecular flexibility index (Phi) is 12.1. The molecule has 0 saturated carbocycles. The van der Waals surface area contributed by atoms with Crippen molar-refractivity contribution in [2.45, 2.75) is 71.1 Å². The second-order valence-electron chi connectivity index (χ2n) is 4.76. The molecule has 0 rings (SSSR count). The molecule has 2 heteroatoms. The van der Waals surface area contributed by atoms with E-state index in [1.807, 2.05) is 25.3 Å². The maximum Gasteiger partial charge on any atom is 0.0244 e. The second kappa shape index (κ2) is 12.5. The minimum atomic E-state index is 1.13. The summed E-state index contributed by atoms with van der Waals surface area (Å²) in [7, 11) is 3.93. The van der Waals surface area contributed by atoms with Crippen molar-refractivity contribution in [3.63, 3.8) is 0 Å². The van der Waals surface area contributed by atoms with Crippen molar-refractivity contribution < 1.29 is 0 Å². The van der Waals surface area contributed by atoms with Crippen molar-refractivity contribution in [1.29, 1.82) is 0 Å². The molecule has 2 nitrogen and oxygen atoms in total. The van der Waals surface area contributed by atoms with Crippen molar-refractivity contribution in [3.8, 4) is 0 Å². The maximum absolute atomic E-state index is 4.20. The third-order valence-corrected chi connectivity index (χ3v) is 2.75. The first-order chi connectivity index (χ1) is 7.77. The fourth-order valence-corrected chi connectivity index (χ4v) is 1.77. The molecular formula is C14H30N2. The van der Waals surface area contributed by atoms with Crippen LogP contribution in [0.1, 0.15) is 71.1 Å². The van der Waals surface area contributed by atoms with E-state index in [-0.39, 0.29) is 0 Å². The summed E-state index contributed by atoms with van der Waals surface area (Å²) >= 11 is 0. The van der Waals surface area contributed by atoms with Gasteiger partial charge in [-0.25, -0.2) is 0 Å². The first-order valence-electron chi connectivity index (χ1n) is 6.97. The van der Waals surface area contributed by atoms with Gasteiger partial charge in [0, 0.05) is 20.3 Å². The molecular weight excluding hydrogens is 196 g/mol. The maximum atomic E-state index is 4.20. The lowest BCUT2D eigenvalue weighted by Gasteiger charge is -2.02. The molecule has 0 N–H and O–H groups in total. The van der Waals surface area contributed by atoms with Crippen LogP contribution in [0, 0.1) is 0 Å². The molecule has 0 aliphatic rings. The highest BCUT2D eigenvalue weighted by atomic mass is 15.4. The number of unbranched alkanes of at least 4 members (excludes halogenated alkanes) is 9. The fraction of sp³-hybridized carbons (Fsp3) is 0.929. The molecule has 0 fully saturated rings. The van der Waals surface area contributed by atoms with Crippen molar-refractivity contribution in [1.82, 2.24) is 5.01 Å². The minimum Gasteiger partial charge on any atom is -0.303 e. The largest absolute Gasteiger partial charge is 0.303 e. The Bertz CT molecular complexity index is 153. The van der Waals surface area contributed by atoms with E-state index in [2.05, 4.69) is 12.0 Å². The molecule has 0 bridgehead atoms. The highest BCUT2D eigenvalue weighted by molar-refractivity contribution is 5.56. The molecule has 0 saturated heterocycles. The summed E-state index contributed by atoms with van der Waals surface area (Å²) in [4.78, 5) is 0. The van der Waals surface area contributed by atoms with Crippen LogP contribution in [0.5, 0.6) is 0 Å². The molecule has 0 heterocycles. The van der Waals surface area contributed by atoms with E-state index >= 15 is 0 Å². The van der Waals surface area contributed by atoms with Gasteiger partial charge in [-0.2, -0.15) is 5.10 Å². The van der Waals surface area contributed by atoms with Crippen LogP contribution in [0.4, 0.5) is 0 Å². The van der Waals surface area contributed by atoms with Gasteiger partial charge in [0.25, 0.3) is 0 Å². The van der Waals surface area contributed by atoms with Crippen LogP contribution in [0.25, 0.3) is 0 Å². The van der Waals surface area contributed by atoms with Gasteiger partial charge >= 0.3 is 0 Å². The molecule has 0 spiro atoms. The normalized spacial score (nSPS) is 11.2. The Morgan fingerprint density at radius 1 is 0.812 bits per heavy atom. The van der Waals surface area contributed by atoms with Gasteiger partial charge in [-0.3, -0.25) is 0 Å². The lowest BCUT2D eigenvalue weighted by Crippen LogP contribution is -2.01. The summed E-state index contributed by atoms with van der Waals surface area (Å²) in [6, 6.07) is 0. The van der Waals surface area contributed by atoms with E-state index in [0.717, 1.165) is 6.42 Å². The third kappa shape index (κ3) is 13.5. The van der Waals surface area contributed by atoms with Gasteiger partial charge in [0.15, 0.2) is 0 Å². The molecule has 16 heavy (non-hydrogen) atoms. The second-order valence-corrected chi connectivity index (χ2v) is 4.76. The molecule has 0 aliphatic heterocycles. The number of hydrogen-bond donors (Lipinski definition) is 0. The smallest absolute Gasteiger partial charge is 0.0244 e. The highest BCUT2D eigenvalue weighted by Crippen LogP contribution is 2.09. The van der Waals surface area contributed by atoms with Crippen molar-refractivity contribution in [2.24, 2.45) is 5.10 Å². The van der Waals surface area contributed by atoms with Crippen LogP contribution in [0.15, 0.2) is 5.10 Å². The Labute approximate surface area is 102 Å². The van der Waals surface area contributed by atoms with Crippen molar-refractivity contribution in [3.05, 3.63) is 0 Å². The molecule has 0 aromatic heterocycles. The predicted molar refractivity (Wildman–Crippen MR) is 74.0 cm³/mol. The van der Waals surface area contributed by atoms with Gasteiger partial charge in [0.1, 0.15) is 0 Å². The minimum absolute atomic E-state index is 1.13. The Morgan fingerprint density at radius 3 is 1.81 bits per heavy atom. The van der Waals surface area contributed by atoms with Crippen molar-refractivity contribution >= 4 is 6.21 Å². The van der Waals surface area contributed by atoms with E-state index in [4.69, 9.17) is 0 Å². The molecule has 0 radical (unpaired) electrons. The molecule has 0 atom stereocenters. The first-order valence-corrected chi connectivity index (χ1v) is 6.97. The topological polar surface area (TPSA) is 15.6 Å². The average molecular weight is 226 g/mol.